The minimum Gasteiger partial charge on any atom is -0.445 e. The molecule has 42 heavy (non-hydrogen) atoms. The van der Waals surface area contributed by atoms with Crippen molar-refractivity contribution in [3.8, 4) is 0 Å². The van der Waals surface area contributed by atoms with E-state index in [0.29, 0.717) is 12.8 Å². The van der Waals surface area contributed by atoms with E-state index in [2.05, 4.69) is 10.6 Å². The number of carbonyl (C=O) groups is 4. The largest absolute Gasteiger partial charge is 0.445 e. The maximum absolute atomic E-state index is 11.7. The van der Waals surface area contributed by atoms with Crippen LogP contribution in [-0.2, 0) is 45.1 Å². The van der Waals surface area contributed by atoms with Crippen molar-refractivity contribution in [2.75, 3.05) is 0 Å². The van der Waals surface area contributed by atoms with Crippen LogP contribution in [0.4, 0.5) is 9.59 Å². The average Bonchev–Trinajstić information content (AvgIpc) is 3.04. The third kappa shape index (κ3) is 12.3. The SMILES string of the molecule is O=C[C@H](Cc1ccccc1)NC(=O)OCc1ccccc1.O=C[C@H](Cc1ccccc1)NC(=O)OCc1ccccc1. The van der Waals surface area contributed by atoms with E-state index in [9.17, 15) is 19.2 Å². The number of hydrogen-bond donors (Lipinski definition) is 2. The van der Waals surface area contributed by atoms with E-state index in [0.717, 1.165) is 34.8 Å². The minimum absolute atomic E-state index is 0.184. The van der Waals surface area contributed by atoms with E-state index < -0.39 is 24.3 Å². The van der Waals surface area contributed by atoms with Gasteiger partial charge in [0.15, 0.2) is 0 Å². The first kappa shape index (κ1) is 31.3. The number of nitrogens with one attached hydrogen (secondary N) is 2. The Morgan fingerprint density at radius 1 is 0.500 bits per heavy atom. The van der Waals surface area contributed by atoms with Gasteiger partial charge in [-0.1, -0.05) is 121 Å². The molecule has 216 valence electrons. The molecule has 0 aliphatic carbocycles. The van der Waals surface area contributed by atoms with Gasteiger partial charge in [0.05, 0.1) is 12.1 Å². The monoisotopic (exact) mass is 566 g/mol. The van der Waals surface area contributed by atoms with Crippen LogP contribution in [0.1, 0.15) is 22.3 Å². The molecule has 0 aliphatic rings. The summed E-state index contributed by atoms with van der Waals surface area (Å²) in [6, 6.07) is 36.6. The third-order valence-corrected chi connectivity index (χ3v) is 5.96. The number of carbonyl (C=O) groups excluding carboxylic acids is 4. The zero-order valence-corrected chi connectivity index (χ0v) is 23.1. The molecule has 0 saturated carbocycles. The number of ether oxygens (including phenoxy) is 2. The van der Waals surface area contributed by atoms with Crippen LogP contribution in [-0.4, -0.2) is 36.8 Å². The Morgan fingerprint density at radius 3 is 1.07 bits per heavy atom. The summed E-state index contributed by atoms with van der Waals surface area (Å²) < 4.78 is 10.2. The number of amides is 2. The molecule has 4 rings (SSSR count). The summed E-state index contributed by atoms with van der Waals surface area (Å²) >= 11 is 0. The summed E-state index contributed by atoms with van der Waals surface area (Å²) in [5.74, 6) is 0. The molecule has 0 unspecified atom stereocenters. The van der Waals surface area contributed by atoms with Gasteiger partial charge in [-0.2, -0.15) is 0 Å². The van der Waals surface area contributed by atoms with Gasteiger partial charge in [-0.05, 0) is 35.1 Å². The molecule has 0 fully saturated rings. The van der Waals surface area contributed by atoms with Gasteiger partial charge in [0.25, 0.3) is 0 Å². The Morgan fingerprint density at radius 2 is 0.786 bits per heavy atom. The van der Waals surface area contributed by atoms with Crippen LogP contribution in [0.25, 0.3) is 0 Å². The van der Waals surface area contributed by atoms with Crippen molar-refractivity contribution >= 4 is 24.8 Å². The van der Waals surface area contributed by atoms with Gasteiger partial charge in [-0.15, -0.1) is 0 Å². The quantitative estimate of drug-likeness (QED) is 0.221. The molecule has 2 atom stereocenters. The predicted molar refractivity (Wildman–Crippen MR) is 160 cm³/mol. The zero-order valence-electron chi connectivity index (χ0n) is 23.1. The van der Waals surface area contributed by atoms with Crippen molar-refractivity contribution in [2.45, 2.75) is 38.1 Å². The lowest BCUT2D eigenvalue weighted by Gasteiger charge is -2.13. The molecule has 8 nitrogen and oxygen atoms in total. The molecular weight excluding hydrogens is 532 g/mol. The summed E-state index contributed by atoms with van der Waals surface area (Å²) in [6.45, 7) is 0.368. The molecule has 2 amide bonds. The number of rotatable bonds is 12. The van der Waals surface area contributed by atoms with E-state index >= 15 is 0 Å². The fourth-order valence-corrected chi connectivity index (χ4v) is 3.83. The summed E-state index contributed by atoms with van der Waals surface area (Å²) in [4.78, 5) is 45.5. The topological polar surface area (TPSA) is 111 Å². The van der Waals surface area contributed by atoms with Crippen molar-refractivity contribution in [3.05, 3.63) is 144 Å². The maximum atomic E-state index is 11.7. The Kier molecular flexibility index (Phi) is 13.5. The highest BCUT2D eigenvalue weighted by atomic mass is 16.6. The molecular formula is C34H34N2O6. The smallest absolute Gasteiger partial charge is 0.408 e. The molecule has 0 aromatic heterocycles. The first-order valence-electron chi connectivity index (χ1n) is 13.5. The second-order valence-electron chi connectivity index (χ2n) is 9.28. The van der Waals surface area contributed by atoms with Crippen LogP contribution >= 0.6 is 0 Å². The first-order valence-corrected chi connectivity index (χ1v) is 13.5. The Hall–Kier alpha value is -5.24. The highest BCUT2D eigenvalue weighted by molar-refractivity contribution is 5.74. The number of alkyl carbamates (subject to hydrolysis) is 2. The van der Waals surface area contributed by atoms with Crippen LogP contribution in [0.2, 0.25) is 0 Å². The van der Waals surface area contributed by atoms with Crippen LogP contribution in [0.15, 0.2) is 121 Å². The fraction of sp³-hybridized carbons (Fsp3) is 0.176. The predicted octanol–water partition coefficient (Wildman–Crippen LogP) is 5.45. The molecule has 0 aliphatic heterocycles. The minimum atomic E-state index is -0.591. The third-order valence-electron chi connectivity index (χ3n) is 5.96. The van der Waals surface area contributed by atoms with Crippen molar-refractivity contribution in [1.29, 1.82) is 0 Å². The van der Waals surface area contributed by atoms with E-state index in [1.165, 1.54) is 0 Å². The molecule has 0 radical (unpaired) electrons. The molecule has 4 aromatic rings. The molecule has 0 heterocycles. The summed E-state index contributed by atoms with van der Waals surface area (Å²) in [5, 5.41) is 5.11. The van der Waals surface area contributed by atoms with Gasteiger partial charge in [-0.3, -0.25) is 0 Å². The number of aldehydes is 2. The van der Waals surface area contributed by atoms with Crippen molar-refractivity contribution < 1.29 is 28.7 Å². The van der Waals surface area contributed by atoms with Gasteiger partial charge < -0.3 is 29.7 Å². The lowest BCUT2D eigenvalue weighted by Crippen LogP contribution is -2.37. The van der Waals surface area contributed by atoms with Crippen molar-refractivity contribution in [2.24, 2.45) is 0 Å². The van der Waals surface area contributed by atoms with E-state index in [1.54, 1.807) is 0 Å². The van der Waals surface area contributed by atoms with Gasteiger partial charge >= 0.3 is 12.2 Å². The molecule has 0 bridgehead atoms. The number of benzene rings is 4. The lowest BCUT2D eigenvalue weighted by atomic mass is 10.1. The standard InChI is InChI=1S/2C17H17NO3/c2*19-12-16(11-14-7-3-1-4-8-14)18-17(20)21-13-15-9-5-2-6-10-15/h2*1-10,12,16H,11,13H2,(H,18,20)/t2*16-/m00/s1. The summed E-state index contributed by atoms with van der Waals surface area (Å²) in [7, 11) is 0. The van der Waals surface area contributed by atoms with Crippen LogP contribution < -0.4 is 10.6 Å². The molecule has 8 heteroatoms. The Balaban J connectivity index is 0.000000230. The van der Waals surface area contributed by atoms with E-state index in [4.69, 9.17) is 9.47 Å². The molecule has 0 saturated heterocycles. The molecule has 4 aromatic carbocycles. The highest BCUT2D eigenvalue weighted by Crippen LogP contribution is 2.05. The van der Waals surface area contributed by atoms with Gasteiger partial charge in [0.2, 0.25) is 0 Å². The summed E-state index contributed by atoms with van der Waals surface area (Å²) in [5.41, 5.74) is 3.77. The second kappa shape index (κ2) is 18.2. The summed E-state index contributed by atoms with van der Waals surface area (Å²) in [6.07, 6.45) is 1.15. The fourth-order valence-electron chi connectivity index (χ4n) is 3.83. The lowest BCUT2D eigenvalue weighted by molar-refractivity contribution is -0.110. The molecule has 2 N–H and O–H groups in total. The van der Waals surface area contributed by atoms with E-state index in [-0.39, 0.29) is 13.2 Å². The second-order valence-corrected chi connectivity index (χ2v) is 9.28. The Labute approximate surface area is 245 Å². The van der Waals surface area contributed by atoms with Crippen molar-refractivity contribution in [1.82, 2.24) is 10.6 Å². The van der Waals surface area contributed by atoms with Crippen LogP contribution in [0.5, 0.6) is 0 Å². The van der Waals surface area contributed by atoms with Gasteiger partial charge in [-0.25, -0.2) is 9.59 Å². The number of hydrogen-bond acceptors (Lipinski definition) is 6. The van der Waals surface area contributed by atoms with Crippen LogP contribution in [0.3, 0.4) is 0 Å². The maximum Gasteiger partial charge on any atom is 0.408 e. The highest BCUT2D eigenvalue weighted by Gasteiger charge is 2.14. The Bertz CT molecular complexity index is 1250. The van der Waals surface area contributed by atoms with Gasteiger partial charge in [0.1, 0.15) is 25.8 Å². The van der Waals surface area contributed by atoms with Crippen molar-refractivity contribution in [3.63, 3.8) is 0 Å². The average molecular weight is 567 g/mol. The first-order chi connectivity index (χ1) is 20.6. The normalized spacial score (nSPS) is 11.4. The molecule has 0 spiro atoms. The van der Waals surface area contributed by atoms with Crippen LogP contribution in [0, 0.1) is 0 Å². The zero-order chi connectivity index (χ0) is 29.8. The van der Waals surface area contributed by atoms with Gasteiger partial charge in [0, 0.05) is 0 Å². The van der Waals surface area contributed by atoms with E-state index in [1.807, 2.05) is 121 Å².